The van der Waals surface area contributed by atoms with Gasteiger partial charge in [0.25, 0.3) is 0 Å². The van der Waals surface area contributed by atoms with Crippen LogP contribution < -0.4 is 9.47 Å². The molecule has 1 aliphatic rings. The van der Waals surface area contributed by atoms with Crippen LogP contribution in [0, 0.1) is 11.3 Å². The van der Waals surface area contributed by atoms with Gasteiger partial charge in [-0.1, -0.05) is 24.3 Å². The molecule has 0 bridgehead atoms. The topological polar surface area (TPSA) is 42.2 Å². The molecule has 0 aromatic heterocycles. The zero-order chi connectivity index (χ0) is 18.1. The summed E-state index contributed by atoms with van der Waals surface area (Å²) < 4.78 is 11.3. The summed E-state index contributed by atoms with van der Waals surface area (Å²) in [6.07, 6.45) is 5.03. The summed E-state index contributed by atoms with van der Waals surface area (Å²) in [4.78, 5) is 0. The lowest BCUT2D eigenvalue weighted by atomic mass is 9.78. The van der Waals surface area contributed by atoms with Gasteiger partial charge in [0, 0.05) is 6.42 Å². The third kappa shape index (κ3) is 2.57. The third-order valence-electron chi connectivity index (χ3n) is 5.70. The first-order valence-corrected chi connectivity index (χ1v) is 9.24. The lowest BCUT2D eigenvalue weighted by Gasteiger charge is -2.27. The van der Waals surface area contributed by atoms with Crippen molar-refractivity contribution < 1.29 is 9.47 Å². The SMILES string of the molecule is COc1cccc2c1c(OC)cc1c3c(ccc12)C(CCC#N)CCC3. The smallest absolute Gasteiger partial charge is 0.131 e. The zero-order valence-electron chi connectivity index (χ0n) is 15.3. The number of rotatable bonds is 4. The fourth-order valence-electron chi connectivity index (χ4n) is 4.51. The van der Waals surface area contributed by atoms with Crippen LogP contribution in [0.25, 0.3) is 21.5 Å². The normalized spacial score (nSPS) is 16.3. The Labute approximate surface area is 154 Å². The predicted molar refractivity (Wildman–Crippen MR) is 105 cm³/mol. The number of nitriles is 1. The van der Waals surface area contributed by atoms with E-state index in [9.17, 15) is 0 Å². The van der Waals surface area contributed by atoms with Crippen molar-refractivity contribution in [1.82, 2.24) is 0 Å². The molecule has 3 nitrogen and oxygen atoms in total. The fourth-order valence-corrected chi connectivity index (χ4v) is 4.51. The van der Waals surface area contributed by atoms with Gasteiger partial charge in [-0.3, -0.25) is 0 Å². The Morgan fingerprint density at radius 1 is 1.04 bits per heavy atom. The quantitative estimate of drug-likeness (QED) is 0.567. The van der Waals surface area contributed by atoms with Crippen molar-refractivity contribution >= 4 is 21.5 Å². The number of methoxy groups -OCH3 is 2. The number of hydrogen-bond acceptors (Lipinski definition) is 3. The second-order valence-corrected chi connectivity index (χ2v) is 6.98. The van der Waals surface area contributed by atoms with Crippen LogP contribution in [0.4, 0.5) is 0 Å². The maximum absolute atomic E-state index is 8.97. The van der Waals surface area contributed by atoms with Crippen molar-refractivity contribution in [1.29, 1.82) is 5.26 Å². The van der Waals surface area contributed by atoms with Gasteiger partial charge in [-0.2, -0.15) is 5.26 Å². The molecular formula is C23H23NO2. The van der Waals surface area contributed by atoms with Crippen molar-refractivity contribution in [2.45, 2.75) is 38.0 Å². The molecule has 0 spiro atoms. The average molecular weight is 345 g/mol. The Kier molecular flexibility index (Phi) is 4.42. The van der Waals surface area contributed by atoms with Crippen molar-refractivity contribution in [3.63, 3.8) is 0 Å². The Bertz CT molecular complexity index is 1020. The van der Waals surface area contributed by atoms with E-state index in [1.807, 2.05) is 12.1 Å². The lowest BCUT2D eigenvalue weighted by molar-refractivity contribution is 0.405. The van der Waals surface area contributed by atoms with Gasteiger partial charge >= 0.3 is 0 Å². The molecule has 4 rings (SSSR count). The summed E-state index contributed by atoms with van der Waals surface area (Å²) in [5.41, 5.74) is 2.85. The number of aryl methyl sites for hydroxylation is 1. The molecule has 3 aromatic carbocycles. The third-order valence-corrected chi connectivity index (χ3v) is 5.70. The van der Waals surface area contributed by atoms with E-state index >= 15 is 0 Å². The molecule has 1 unspecified atom stereocenters. The molecule has 1 aliphatic carbocycles. The number of hydrogen-bond donors (Lipinski definition) is 0. The van der Waals surface area contributed by atoms with Crippen LogP contribution in [0.15, 0.2) is 36.4 Å². The molecule has 1 atom stereocenters. The van der Waals surface area contributed by atoms with E-state index in [0.717, 1.165) is 29.7 Å². The highest BCUT2D eigenvalue weighted by Gasteiger charge is 2.23. The van der Waals surface area contributed by atoms with Crippen LogP contribution in [0.3, 0.4) is 0 Å². The van der Waals surface area contributed by atoms with Crippen molar-refractivity contribution in [2.24, 2.45) is 0 Å². The molecule has 132 valence electrons. The van der Waals surface area contributed by atoms with Gasteiger partial charge in [0.15, 0.2) is 0 Å². The molecule has 26 heavy (non-hydrogen) atoms. The highest BCUT2D eigenvalue weighted by Crippen LogP contribution is 2.44. The minimum absolute atomic E-state index is 0.495. The van der Waals surface area contributed by atoms with Gasteiger partial charge in [0.2, 0.25) is 0 Å². The Hall–Kier alpha value is -2.73. The minimum atomic E-state index is 0.495. The van der Waals surface area contributed by atoms with Gasteiger partial charge in [-0.25, -0.2) is 0 Å². The predicted octanol–water partition coefficient (Wildman–Crippen LogP) is 5.73. The van der Waals surface area contributed by atoms with Crippen LogP contribution in [0.2, 0.25) is 0 Å². The van der Waals surface area contributed by atoms with E-state index in [1.54, 1.807) is 14.2 Å². The van der Waals surface area contributed by atoms with Crippen LogP contribution in [0.1, 0.15) is 42.7 Å². The molecule has 0 heterocycles. The Morgan fingerprint density at radius 2 is 1.88 bits per heavy atom. The van der Waals surface area contributed by atoms with Crippen LogP contribution in [0.5, 0.6) is 11.5 Å². The lowest BCUT2D eigenvalue weighted by Crippen LogP contribution is -2.10. The fraction of sp³-hybridized carbons (Fsp3) is 0.348. The maximum atomic E-state index is 8.97. The molecule has 0 N–H and O–H groups in total. The number of fused-ring (bicyclic) bond motifs is 5. The van der Waals surface area contributed by atoms with Gasteiger partial charge in [0.05, 0.1) is 25.7 Å². The number of ether oxygens (including phenoxy) is 2. The van der Waals surface area contributed by atoms with Gasteiger partial charge in [-0.05, 0) is 71.0 Å². The zero-order valence-corrected chi connectivity index (χ0v) is 15.3. The van der Waals surface area contributed by atoms with Gasteiger partial charge < -0.3 is 9.47 Å². The molecule has 0 amide bonds. The van der Waals surface area contributed by atoms with Crippen LogP contribution in [-0.2, 0) is 6.42 Å². The van der Waals surface area contributed by atoms with E-state index in [4.69, 9.17) is 14.7 Å². The van der Waals surface area contributed by atoms with E-state index in [1.165, 1.54) is 40.1 Å². The molecule has 3 heteroatoms. The van der Waals surface area contributed by atoms with E-state index in [0.29, 0.717) is 12.3 Å². The molecule has 0 radical (unpaired) electrons. The van der Waals surface area contributed by atoms with Gasteiger partial charge in [0.1, 0.15) is 11.5 Å². The van der Waals surface area contributed by atoms with Gasteiger partial charge in [-0.15, -0.1) is 0 Å². The monoisotopic (exact) mass is 345 g/mol. The number of nitrogens with zero attached hydrogens (tertiary/aromatic N) is 1. The minimum Gasteiger partial charge on any atom is -0.496 e. The van der Waals surface area contributed by atoms with Crippen LogP contribution >= 0.6 is 0 Å². The molecule has 0 saturated carbocycles. The largest absolute Gasteiger partial charge is 0.496 e. The summed E-state index contributed by atoms with van der Waals surface area (Å²) in [6, 6.07) is 15.2. The van der Waals surface area contributed by atoms with Crippen molar-refractivity contribution in [2.75, 3.05) is 14.2 Å². The summed E-state index contributed by atoms with van der Waals surface area (Å²) in [6.45, 7) is 0. The first-order chi connectivity index (χ1) is 12.8. The average Bonchev–Trinajstić information content (AvgIpc) is 2.70. The van der Waals surface area contributed by atoms with E-state index in [2.05, 4.69) is 30.3 Å². The summed E-state index contributed by atoms with van der Waals surface area (Å²) in [7, 11) is 3.42. The second kappa shape index (κ2) is 6.88. The number of benzene rings is 3. The van der Waals surface area contributed by atoms with Crippen molar-refractivity contribution in [3.8, 4) is 17.6 Å². The summed E-state index contributed by atoms with van der Waals surface area (Å²) in [5.74, 6) is 2.19. The van der Waals surface area contributed by atoms with E-state index < -0.39 is 0 Å². The molecule has 3 aromatic rings. The van der Waals surface area contributed by atoms with Crippen molar-refractivity contribution in [3.05, 3.63) is 47.5 Å². The molecular weight excluding hydrogens is 322 g/mol. The standard InChI is InChI=1S/C23H23NO2/c1-25-21-10-4-9-19-18-12-11-16-15(7-5-13-24)6-3-8-17(16)20(18)14-22(26-2)23(19)21/h4,9-12,14-15H,3,5-8H2,1-2H3. The molecule has 0 fully saturated rings. The second-order valence-electron chi connectivity index (χ2n) is 6.98. The highest BCUT2D eigenvalue weighted by atomic mass is 16.5. The maximum Gasteiger partial charge on any atom is 0.131 e. The first kappa shape index (κ1) is 16.7. The molecule has 0 saturated heterocycles. The highest BCUT2D eigenvalue weighted by molar-refractivity contribution is 6.13. The summed E-state index contributed by atoms with van der Waals surface area (Å²) in [5, 5.41) is 13.7. The Balaban J connectivity index is 2.00. The molecule has 0 aliphatic heterocycles. The van der Waals surface area contributed by atoms with E-state index in [-0.39, 0.29) is 0 Å². The Morgan fingerprint density at radius 3 is 2.65 bits per heavy atom. The van der Waals surface area contributed by atoms with Crippen LogP contribution in [-0.4, -0.2) is 14.2 Å². The first-order valence-electron chi connectivity index (χ1n) is 9.24. The summed E-state index contributed by atoms with van der Waals surface area (Å²) >= 11 is 0.